The Morgan fingerprint density at radius 3 is 2.62 bits per heavy atom. The Hall–Kier alpha value is -0.0500. The molecule has 3 heteroatoms. The van der Waals surface area contributed by atoms with E-state index in [-0.39, 0.29) is 5.54 Å². The SMILES string of the molecule is Cc1ccc(CNC(C)(C)CCBr)c(Cl)c1. The van der Waals surface area contributed by atoms with E-state index >= 15 is 0 Å². The van der Waals surface area contributed by atoms with E-state index < -0.39 is 0 Å². The number of halogens is 2. The van der Waals surface area contributed by atoms with E-state index in [2.05, 4.69) is 54.2 Å². The maximum absolute atomic E-state index is 6.19. The van der Waals surface area contributed by atoms with Crippen molar-refractivity contribution < 1.29 is 0 Å². The van der Waals surface area contributed by atoms with Crippen LogP contribution < -0.4 is 5.32 Å². The molecule has 0 aromatic heterocycles. The van der Waals surface area contributed by atoms with E-state index in [1.165, 1.54) is 5.56 Å². The molecule has 0 unspecified atom stereocenters. The highest BCUT2D eigenvalue weighted by molar-refractivity contribution is 9.09. The Morgan fingerprint density at radius 1 is 1.38 bits per heavy atom. The second-order valence-electron chi connectivity index (χ2n) is 4.77. The second kappa shape index (κ2) is 6.04. The summed E-state index contributed by atoms with van der Waals surface area (Å²) in [5.41, 5.74) is 2.50. The second-order valence-corrected chi connectivity index (χ2v) is 5.97. The Labute approximate surface area is 112 Å². The first-order valence-corrected chi connectivity index (χ1v) is 7.00. The lowest BCUT2D eigenvalue weighted by Crippen LogP contribution is -2.39. The van der Waals surface area contributed by atoms with Gasteiger partial charge in [-0.25, -0.2) is 0 Å². The van der Waals surface area contributed by atoms with Gasteiger partial charge in [0.2, 0.25) is 0 Å². The van der Waals surface area contributed by atoms with E-state index in [0.717, 1.165) is 28.9 Å². The van der Waals surface area contributed by atoms with Crippen molar-refractivity contribution in [3.63, 3.8) is 0 Å². The summed E-state index contributed by atoms with van der Waals surface area (Å²) in [6, 6.07) is 6.20. The fourth-order valence-corrected chi connectivity index (χ4v) is 2.75. The first-order valence-electron chi connectivity index (χ1n) is 5.50. The predicted molar refractivity (Wildman–Crippen MR) is 75.5 cm³/mol. The molecule has 0 aliphatic rings. The molecule has 1 nitrogen and oxygen atoms in total. The quantitative estimate of drug-likeness (QED) is 0.800. The molecule has 0 spiro atoms. The van der Waals surface area contributed by atoms with Crippen LogP contribution in [0.25, 0.3) is 0 Å². The number of nitrogens with one attached hydrogen (secondary N) is 1. The summed E-state index contributed by atoms with van der Waals surface area (Å²) in [7, 11) is 0. The summed E-state index contributed by atoms with van der Waals surface area (Å²) in [6.07, 6.45) is 1.09. The molecule has 0 aliphatic heterocycles. The van der Waals surface area contributed by atoms with Crippen LogP contribution in [0.2, 0.25) is 5.02 Å². The molecule has 16 heavy (non-hydrogen) atoms. The molecule has 0 saturated heterocycles. The lowest BCUT2D eigenvalue weighted by molar-refractivity contribution is 0.378. The van der Waals surface area contributed by atoms with Crippen LogP contribution in [0.1, 0.15) is 31.4 Å². The van der Waals surface area contributed by atoms with Gasteiger partial charge in [-0.15, -0.1) is 0 Å². The van der Waals surface area contributed by atoms with E-state index in [1.807, 2.05) is 6.07 Å². The lowest BCUT2D eigenvalue weighted by Gasteiger charge is -2.25. The van der Waals surface area contributed by atoms with Gasteiger partial charge in [-0.1, -0.05) is 39.7 Å². The molecule has 0 heterocycles. The normalized spacial score (nSPS) is 11.8. The largest absolute Gasteiger partial charge is 0.308 e. The smallest absolute Gasteiger partial charge is 0.0453 e. The van der Waals surface area contributed by atoms with Gasteiger partial charge in [0.15, 0.2) is 0 Å². The van der Waals surface area contributed by atoms with Crippen LogP contribution in [0.3, 0.4) is 0 Å². The van der Waals surface area contributed by atoms with Gasteiger partial charge in [-0.3, -0.25) is 0 Å². The fourth-order valence-electron chi connectivity index (χ4n) is 1.45. The maximum Gasteiger partial charge on any atom is 0.0453 e. The van der Waals surface area contributed by atoms with Crippen LogP contribution in [0.5, 0.6) is 0 Å². The Bertz CT molecular complexity index is 350. The first kappa shape index (κ1) is 14.0. The zero-order chi connectivity index (χ0) is 12.2. The lowest BCUT2D eigenvalue weighted by atomic mass is 10.0. The topological polar surface area (TPSA) is 12.0 Å². The van der Waals surface area contributed by atoms with Crippen molar-refractivity contribution in [2.24, 2.45) is 0 Å². The number of benzene rings is 1. The average molecular weight is 305 g/mol. The molecule has 0 bridgehead atoms. The monoisotopic (exact) mass is 303 g/mol. The Balaban J connectivity index is 2.61. The molecular formula is C13H19BrClN. The Morgan fingerprint density at radius 2 is 2.06 bits per heavy atom. The summed E-state index contributed by atoms with van der Waals surface area (Å²) in [4.78, 5) is 0. The van der Waals surface area contributed by atoms with E-state index in [9.17, 15) is 0 Å². The van der Waals surface area contributed by atoms with Gasteiger partial charge in [0.25, 0.3) is 0 Å². The molecule has 90 valence electrons. The third-order valence-electron chi connectivity index (χ3n) is 2.69. The number of alkyl halides is 1. The van der Waals surface area contributed by atoms with Gasteiger partial charge in [0.05, 0.1) is 0 Å². The molecule has 1 aromatic carbocycles. The van der Waals surface area contributed by atoms with Gasteiger partial charge in [0, 0.05) is 22.4 Å². The van der Waals surface area contributed by atoms with Crippen molar-refractivity contribution in [2.75, 3.05) is 5.33 Å². The third-order valence-corrected chi connectivity index (χ3v) is 3.43. The zero-order valence-electron chi connectivity index (χ0n) is 10.1. The zero-order valence-corrected chi connectivity index (χ0v) is 12.5. The number of aryl methyl sites for hydroxylation is 1. The summed E-state index contributed by atoms with van der Waals surface area (Å²) in [5, 5.41) is 5.38. The van der Waals surface area contributed by atoms with Crippen LogP contribution in [-0.4, -0.2) is 10.9 Å². The van der Waals surface area contributed by atoms with E-state index in [4.69, 9.17) is 11.6 Å². The van der Waals surface area contributed by atoms with Gasteiger partial charge in [0.1, 0.15) is 0 Å². The summed E-state index contributed by atoms with van der Waals surface area (Å²) >= 11 is 9.66. The van der Waals surface area contributed by atoms with Crippen LogP contribution in [0.4, 0.5) is 0 Å². The highest BCUT2D eigenvalue weighted by Crippen LogP contribution is 2.19. The van der Waals surface area contributed by atoms with Crippen molar-refractivity contribution in [2.45, 2.75) is 39.3 Å². The molecule has 1 N–H and O–H groups in total. The molecule has 0 atom stereocenters. The molecule has 0 amide bonds. The van der Waals surface area contributed by atoms with E-state index in [0.29, 0.717) is 0 Å². The van der Waals surface area contributed by atoms with Crippen molar-refractivity contribution in [3.05, 3.63) is 34.3 Å². The minimum atomic E-state index is 0.137. The van der Waals surface area contributed by atoms with Gasteiger partial charge < -0.3 is 5.32 Å². The van der Waals surface area contributed by atoms with Crippen molar-refractivity contribution in [1.29, 1.82) is 0 Å². The van der Waals surface area contributed by atoms with Crippen LogP contribution in [-0.2, 0) is 6.54 Å². The number of rotatable bonds is 5. The minimum Gasteiger partial charge on any atom is -0.308 e. The Kier molecular flexibility index (Phi) is 5.29. The molecule has 0 aliphatic carbocycles. The number of hydrogen-bond acceptors (Lipinski definition) is 1. The molecule has 1 rings (SSSR count). The predicted octanol–water partition coefficient (Wildman–Crippen LogP) is 4.30. The fraction of sp³-hybridized carbons (Fsp3) is 0.538. The van der Waals surface area contributed by atoms with Gasteiger partial charge in [-0.05, 0) is 44.4 Å². The highest BCUT2D eigenvalue weighted by Gasteiger charge is 2.16. The average Bonchev–Trinajstić information content (AvgIpc) is 2.16. The third kappa shape index (κ3) is 4.44. The maximum atomic E-state index is 6.19. The standard InChI is InChI=1S/C13H19BrClN/c1-10-4-5-11(12(15)8-10)9-16-13(2,3)6-7-14/h4-5,8,16H,6-7,9H2,1-3H3. The van der Waals surface area contributed by atoms with Gasteiger partial charge in [-0.2, -0.15) is 0 Å². The first-order chi connectivity index (χ1) is 7.44. The van der Waals surface area contributed by atoms with Gasteiger partial charge >= 0.3 is 0 Å². The molecule has 0 saturated carbocycles. The molecule has 0 radical (unpaired) electrons. The molecular weight excluding hydrogens is 286 g/mol. The highest BCUT2D eigenvalue weighted by atomic mass is 79.9. The van der Waals surface area contributed by atoms with Crippen molar-refractivity contribution >= 4 is 27.5 Å². The molecule has 0 fully saturated rings. The number of hydrogen-bond donors (Lipinski definition) is 1. The van der Waals surface area contributed by atoms with Crippen LogP contribution in [0.15, 0.2) is 18.2 Å². The minimum absolute atomic E-state index is 0.137. The van der Waals surface area contributed by atoms with Crippen molar-refractivity contribution in [1.82, 2.24) is 5.32 Å². The van der Waals surface area contributed by atoms with Crippen LogP contribution in [0, 0.1) is 6.92 Å². The summed E-state index contributed by atoms with van der Waals surface area (Å²) < 4.78 is 0. The van der Waals surface area contributed by atoms with Crippen LogP contribution >= 0.6 is 27.5 Å². The summed E-state index contributed by atoms with van der Waals surface area (Å²) in [6.45, 7) is 7.28. The van der Waals surface area contributed by atoms with Crippen molar-refractivity contribution in [3.8, 4) is 0 Å². The van der Waals surface area contributed by atoms with E-state index in [1.54, 1.807) is 0 Å². The summed E-state index contributed by atoms with van der Waals surface area (Å²) in [5.74, 6) is 0. The molecule has 1 aromatic rings.